The number of amides is 1. The smallest absolute Gasteiger partial charge is 0.221 e. The summed E-state index contributed by atoms with van der Waals surface area (Å²) in [6.07, 6.45) is 1.46. The maximum Gasteiger partial charge on any atom is 0.221 e. The maximum absolute atomic E-state index is 11.7. The predicted molar refractivity (Wildman–Crippen MR) is 85.0 cm³/mol. The van der Waals surface area contributed by atoms with Crippen LogP contribution in [-0.4, -0.2) is 18.0 Å². The van der Waals surface area contributed by atoms with Gasteiger partial charge < -0.3 is 10.6 Å². The second-order valence-electron chi connectivity index (χ2n) is 6.01. The number of hydrogen-bond donors (Lipinski definition) is 2. The van der Waals surface area contributed by atoms with E-state index >= 15 is 0 Å². The molecule has 1 atom stereocenters. The molecule has 3 nitrogen and oxygen atoms in total. The minimum atomic E-state index is -0.169. The summed E-state index contributed by atoms with van der Waals surface area (Å²) in [5.41, 5.74) is 1.03. The molecular formula is C16H25ClN2O. The van der Waals surface area contributed by atoms with Crippen LogP contribution in [0.25, 0.3) is 0 Å². The molecule has 0 aromatic heterocycles. The third-order valence-electron chi connectivity index (χ3n) is 2.94. The lowest BCUT2D eigenvalue weighted by atomic mass is 10.0. The standard InChI is InChI=1S/C16H25ClN2O/c1-5-14(12-6-8-13(17)9-7-12)18-11-10-15(20)19-16(2,3)4/h6-9,14,18H,5,10-11H2,1-4H3,(H,19,20). The summed E-state index contributed by atoms with van der Waals surface area (Å²) in [5, 5.41) is 7.12. The van der Waals surface area contributed by atoms with E-state index in [9.17, 15) is 4.79 Å². The van der Waals surface area contributed by atoms with Gasteiger partial charge in [0.05, 0.1) is 0 Å². The van der Waals surface area contributed by atoms with Crippen LogP contribution in [0, 0.1) is 0 Å². The number of nitrogens with one attached hydrogen (secondary N) is 2. The largest absolute Gasteiger partial charge is 0.351 e. The van der Waals surface area contributed by atoms with Gasteiger partial charge in [0.25, 0.3) is 0 Å². The quantitative estimate of drug-likeness (QED) is 0.840. The van der Waals surface area contributed by atoms with Crippen molar-refractivity contribution in [2.75, 3.05) is 6.54 Å². The summed E-state index contributed by atoms with van der Waals surface area (Å²) >= 11 is 5.89. The molecule has 1 amide bonds. The zero-order chi connectivity index (χ0) is 15.2. The van der Waals surface area contributed by atoms with Gasteiger partial charge in [-0.2, -0.15) is 0 Å². The number of halogens is 1. The number of carbonyl (C=O) groups is 1. The van der Waals surface area contributed by atoms with Crippen LogP contribution >= 0.6 is 11.6 Å². The molecule has 1 rings (SSSR count). The SMILES string of the molecule is CCC(NCCC(=O)NC(C)(C)C)c1ccc(Cl)cc1. The van der Waals surface area contributed by atoms with Gasteiger partial charge in [0.1, 0.15) is 0 Å². The van der Waals surface area contributed by atoms with Gasteiger partial charge in [-0.3, -0.25) is 4.79 Å². The monoisotopic (exact) mass is 296 g/mol. The van der Waals surface area contributed by atoms with Gasteiger partial charge >= 0.3 is 0 Å². The average molecular weight is 297 g/mol. The van der Waals surface area contributed by atoms with Crippen LogP contribution in [0.2, 0.25) is 5.02 Å². The predicted octanol–water partition coefficient (Wildman–Crippen LogP) is 3.69. The van der Waals surface area contributed by atoms with Crippen molar-refractivity contribution in [3.8, 4) is 0 Å². The van der Waals surface area contributed by atoms with Gasteiger partial charge in [-0.15, -0.1) is 0 Å². The second kappa shape index (κ2) is 7.65. The third-order valence-corrected chi connectivity index (χ3v) is 3.19. The van der Waals surface area contributed by atoms with Gasteiger partial charge in [-0.05, 0) is 44.9 Å². The molecule has 0 heterocycles. The average Bonchev–Trinajstić information content (AvgIpc) is 2.34. The number of hydrogen-bond acceptors (Lipinski definition) is 2. The first-order chi connectivity index (χ1) is 9.31. The number of rotatable bonds is 6. The van der Waals surface area contributed by atoms with Crippen molar-refractivity contribution >= 4 is 17.5 Å². The molecule has 0 radical (unpaired) electrons. The summed E-state index contributed by atoms with van der Waals surface area (Å²) in [6, 6.07) is 8.10. The van der Waals surface area contributed by atoms with Gasteiger partial charge in [0.15, 0.2) is 0 Å². The minimum Gasteiger partial charge on any atom is -0.351 e. The van der Waals surface area contributed by atoms with Crippen LogP contribution < -0.4 is 10.6 Å². The highest BCUT2D eigenvalue weighted by Crippen LogP contribution is 2.18. The van der Waals surface area contributed by atoms with E-state index in [0.717, 1.165) is 11.4 Å². The molecule has 1 aromatic rings. The molecule has 2 N–H and O–H groups in total. The Morgan fingerprint density at radius 2 is 1.85 bits per heavy atom. The zero-order valence-electron chi connectivity index (χ0n) is 12.8. The lowest BCUT2D eigenvalue weighted by molar-refractivity contribution is -0.122. The van der Waals surface area contributed by atoms with E-state index in [1.54, 1.807) is 0 Å². The molecule has 4 heteroatoms. The van der Waals surface area contributed by atoms with Crippen LogP contribution in [0.15, 0.2) is 24.3 Å². The Morgan fingerprint density at radius 1 is 1.25 bits per heavy atom. The molecule has 0 saturated heterocycles. The van der Waals surface area contributed by atoms with Crippen LogP contribution in [0.3, 0.4) is 0 Å². The maximum atomic E-state index is 11.7. The van der Waals surface area contributed by atoms with Crippen LogP contribution in [-0.2, 0) is 4.79 Å². The molecule has 1 unspecified atom stereocenters. The summed E-state index contributed by atoms with van der Waals surface area (Å²) in [6.45, 7) is 8.76. The summed E-state index contributed by atoms with van der Waals surface area (Å²) < 4.78 is 0. The van der Waals surface area contributed by atoms with Crippen molar-refractivity contribution < 1.29 is 4.79 Å². The first-order valence-corrected chi connectivity index (χ1v) is 7.49. The Morgan fingerprint density at radius 3 is 2.35 bits per heavy atom. The summed E-state index contributed by atoms with van der Waals surface area (Å²) in [7, 11) is 0. The van der Waals surface area contributed by atoms with Gasteiger partial charge in [0, 0.05) is 29.6 Å². The second-order valence-corrected chi connectivity index (χ2v) is 6.45. The van der Waals surface area contributed by atoms with Crippen molar-refractivity contribution in [3.63, 3.8) is 0 Å². The fraction of sp³-hybridized carbons (Fsp3) is 0.562. The number of carbonyl (C=O) groups excluding carboxylic acids is 1. The van der Waals surface area contributed by atoms with Crippen molar-refractivity contribution in [1.82, 2.24) is 10.6 Å². The molecule has 1 aromatic carbocycles. The minimum absolute atomic E-state index is 0.0796. The Labute approximate surface area is 127 Å². The molecule has 0 fully saturated rings. The van der Waals surface area contributed by atoms with Crippen molar-refractivity contribution in [1.29, 1.82) is 0 Å². The van der Waals surface area contributed by atoms with Crippen molar-refractivity contribution in [3.05, 3.63) is 34.9 Å². The van der Waals surface area contributed by atoms with E-state index < -0.39 is 0 Å². The van der Waals surface area contributed by atoms with Crippen LogP contribution in [0.1, 0.15) is 52.1 Å². The van der Waals surface area contributed by atoms with Gasteiger partial charge in [0.2, 0.25) is 5.91 Å². The highest BCUT2D eigenvalue weighted by molar-refractivity contribution is 6.30. The van der Waals surface area contributed by atoms with Crippen LogP contribution in [0.4, 0.5) is 0 Å². The first-order valence-electron chi connectivity index (χ1n) is 7.11. The van der Waals surface area contributed by atoms with Gasteiger partial charge in [-0.1, -0.05) is 30.7 Å². The Bertz CT molecular complexity index is 423. The normalized spacial score (nSPS) is 13.1. The lowest BCUT2D eigenvalue weighted by Gasteiger charge is -2.21. The van der Waals surface area contributed by atoms with Crippen LogP contribution in [0.5, 0.6) is 0 Å². The molecule has 0 aliphatic carbocycles. The van der Waals surface area contributed by atoms with E-state index in [4.69, 9.17) is 11.6 Å². The Hall–Kier alpha value is -1.06. The zero-order valence-corrected chi connectivity index (χ0v) is 13.6. The van der Waals surface area contributed by atoms with Gasteiger partial charge in [-0.25, -0.2) is 0 Å². The number of benzene rings is 1. The topological polar surface area (TPSA) is 41.1 Å². The van der Waals surface area contributed by atoms with E-state index in [1.807, 2.05) is 45.0 Å². The molecule has 0 aliphatic heterocycles. The Kier molecular flexibility index (Phi) is 6.50. The Balaban J connectivity index is 2.42. The fourth-order valence-corrected chi connectivity index (χ4v) is 2.16. The molecule has 0 aliphatic rings. The third kappa shape index (κ3) is 6.40. The summed E-state index contributed by atoms with van der Waals surface area (Å²) in [4.78, 5) is 11.7. The molecular weight excluding hydrogens is 272 g/mol. The highest BCUT2D eigenvalue weighted by atomic mass is 35.5. The molecule has 112 valence electrons. The molecule has 0 spiro atoms. The van der Waals surface area contributed by atoms with E-state index in [0.29, 0.717) is 13.0 Å². The highest BCUT2D eigenvalue weighted by Gasteiger charge is 2.14. The van der Waals surface area contributed by atoms with E-state index in [-0.39, 0.29) is 17.5 Å². The molecule has 20 heavy (non-hydrogen) atoms. The molecule has 0 bridgehead atoms. The molecule has 0 saturated carbocycles. The van der Waals surface area contributed by atoms with Crippen molar-refractivity contribution in [2.45, 2.75) is 52.1 Å². The lowest BCUT2D eigenvalue weighted by Crippen LogP contribution is -2.41. The fourth-order valence-electron chi connectivity index (χ4n) is 2.03. The summed E-state index contributed by atoms with van der Waals surface area (Å²) in [5.74, 6) is 0.0796. The van der Waals surface area contributed by atoms with E-state index in [1.165, 1.54) is 5.56 Å². The van der Waals surface area contributed by atoms with Crippen molar-refractivity contribution in [2.24, 2.45) is 0 Å². The first kappa shape index (κ1) is 17.0. The van der Waals surface area contributed by atoms with E-state index in [2.05, 4.69) is 17.6 Å².